The van der Waals surface area contributed by atoms with Crippen LogP contribution in [0, 0.1) is 0 Å². The van der Waals surface area contributed by atoms with Crippen LogP contribution in [0.3, 0.4) is 0 Å². The third kappa shape index (κ3) is 6.59. The molecule has 5 nitrogen and oxygen atoms in total. The summed E-state index contributed by atoms with van der Waals surface area (Å²) in [5.74, 6) is 0. The van der Waals surface area contributed by atoms with Crippen molar-refractivity contribution in [2.24, 2.45) is 0 Å². The van der Waals surface area contributed by atoms with Gasteiger partial charge in [-0.2, -0.15) is 0 Å². The molecule has 1 aliphatic carbocycles. The zero-order valence-corrected chi connectivity index (χ0v) is 16.0. The fourth-order valence-electron chi connectivity index (χ4n) is 2.81. The Hall–Kier alpha value is -3.99. The molecule has 0 unspecified atom stereocenters. The standard InChI is InChI=1S/C13H10.C5H5N.2C3H4N2/c1-4-10-6-2-8-12-9-3-7-11(5-1)13(10)12;1-2-4-6-5-3-1;2*1-2-5-3-4-1/h1-8H,9H2;1-5H;2*1-3H,(H,4,5). The van der Waals surface area contributed by atoms with Gasteiger partial charge in [0.1, 0.15) is 0 Å². The fraction of sp³-hybridized carbons (Fsp3) is 0.0417. The smallest absolute Gasteiger partial charge is 0.0919 e. The van der Waals surface area contributed by atoms with E-state index in [1.165, 1.54) is 21.9 Å². The van der Waals surface area contributed by atoms with Crippen molar-refractivity contribution in [1.29, 1.82) is 0 Å². The molecule has 144 valence electrons. The third-order valence-corrected chi connectivity index (χ3v) is 4.04. The van der Waals surface area contributed by atoms with Crippen molar-refractivity contribution in [1.82, 2.24) is 24.9 Å². The van der Waals surface area contributed by atoms with Gasteiger partial charge in [0.2, 0.25) is 0 Å². The highest BCUT2D eigenvalue weighted by molar-refractivity contribution is 5.94. The van der Waals surface area contributed by atoms with Crippen molar-refractivity contribution in [3.63, 3.8) is 0 Å². The van der Waals surface area contributed by atoms with E-state index in [-0.39, 0.29) is 0 Å². The van der Waals surface area contributed by atoms with Crippen molar-refractivity contribution in [2.45, 2.75) is 6.42 Å². The molecule has 0 saturated heterocycles. The van der Waals surface area contributed by atoms with Gasteiger partial charge < -0.3 is 9.97 Å². The Morgan fingerprint density at radius 3 is 1.83 bits per heavy atom. The molecule has 0 amide bonds. The molecule has 0 atom stereocenters. The zero-order chi connectivity index (χ0) is 20.0. The van der Waals surface area contributed by atoms with Crippen LogP contribution >= 0.6 is 0 Å². The molecule has 3 heterocycles. The van der Waals surface area contributed by atoms with Gasteiger partial charge in [0.05, 0.1) is 12.7 Å². The van der Waals surface area contributed by atoms with Gasteiger partial charge in [-0.25, -0.2) is 9.97 Å². The van der Waals surface area contributed by atoms with E-state index in [1.54, 1.807) is 49.8 Å². The van der Waals surface area contributed by atoms with E-state index in [1.807, 2.05) is 18.2 Å². The van der Waals surface area contributed by atoms with Gasteiger partial charge in [0.15, 0.2) is 0 Å². The lowest BCUT2D eigenvalue weighted by Crippen LogP contribution is -1.91. The average Bonchev–Trinajstić information content (AvgIpc) is 3.55. The molecule has 29 heavy (non-hydrogen) atoms. The van der Waals surface area contributed by atoms with E-state index in [9.17, 15) is 0 Å². The summed E-state index contributed by atoms with van der Waals surface area (Å²) in [5, 5.41) is 2.80. The Morgan fingerprint density at radius 2 is 1.34 bits per heavy atom. The summed E-state index contributed by atoms with van der Waals surface area (Å²) in [6.07, 6.45) is 19.2. The molecule has 0 radical (unpaired) electrons. The molecule has 2 N–H and O–H groups in total. The summed E-state index contributed by atoms with van der Waals surface area (Å²) in [5.41, 5.74) is 2.81. The number of nitrogens with zero attached hydrogens (tertiary/aromatic N) is 3. The van der Waals surface area contributed by atoms with Crippen LogP contribution in [0.1, 0.15) is 11.1 Å². The minimum absolute atomic E-state index is 1.08. The normalized spacial score (nSPS) is 10.5. The maximum atomic E-state index is 3.78. The lowest BCUT2D eigenvalue weighted by Gasteiger charge is -2.11. The maximum absolute atomic E-state index is 3.78. The van der Waals surface area contributed by atoms with E-state index in [0.29, 0.717) is 0 Å². The first-order valence-electron chi connectivity index (χ1n) is 9.33. The number of rotatable bonds is 0. The van der Waals surface area contributed by atoms with Gasteiger partial charge in [0.25, 0.3) is 0 Å². The molecule has 0 saturated carbocycles. The molecule has 2 aromatic carbocycles. The number of aromatic amines is 2. The summed E-state index contributed by atoms with van der Waals surface area (Å²) >= 11 is 0. The summed E-state index contributed by atoms with van der Waals surface area (Å²) in [7, 11) is 0. The summed E-state index contributed by atoms with van der Waals surface area (Å²) in [4.78, 5) is 16.6. The highest BCUT2D eigenvalue weighted by Gasteiger charge is 2.06. The number of benzene rings is 2. The van der Waals surface area contributed by atoms with E-state index in [0.717, 1.165) is 6.42 Å². The molecular formula is C24H23N5. The maximum Gasteiger partial charge on any atom is 0.0919 e. The average molecular weight is 381 g/mol. The molecule has 3 aromatic heterocycles. The molecule has 0 aliphatic heterocycles. The molecule has 0 spiro atoms. The number of allylic oxidation sites excluding steroid dienone is 1. The minimum atomic E-state index is 1.08. The van der Waals surface area contributed by atoms with E-state index < -0.39 is 0 Å². The minimum Gasteiger partial charge on any atom is -0.351 e. The van der Waals surface area contributed by atoms with Crippen molar-refractivity contribution >= 4 is 16.8 Å². The Balaban J connectivity index is 0.000000125. The highest BCUT2D eigenvalue weighted by atomic mass is 14.8. The van der Waals surface area contributed by atoms with Crippen LogP contribution in [0.25, 0.3) is 16.8 Å². The van der Waals surface area contributed by atoms with Crippen molar-refractivity contribution in [2.75, 3.05) is 0 Å². The van der Waals surface area contributed by atoms with Crippen LogP contribution in [-0.2, 0) is 6.42 Å². The second kappa shape index (κ2) is 11.7. The number of pyridine rings is 1. The summed E-state index contributed by atoms with van der Waals surface area (Å²) < 4.78 is 0. The first-order valence-corrected chi connectivity index (χ1v) is 9.33. The number of H-pyrrole nitrogens is 2. The molecule has 0 fully saturated rings. The molecule has 1 aliphatic rings. The van der Waals surface area contributed by atoms with Crippen LogP contribution in [0.4, 0.5) is 0 Å². The van der Waals surface area contributed by atoms with Gasteiger partial charge in [-0.15, -0.1) is 0 Å². The first-order chi connectivity index (χ1) is 14.4. The van der Waals surface area contributed by atoms with Crippen molar-refractivity contribution in [3.8, 4) is 0 Å². The van der Waals surface area contributed by atoms with Gasteiger partial charge >= 0.3 is 0 Å². The fourth-order valence-corrected chi connectivity index (χ4v) is 2.81. The number of imidazole rings is 2. The van der Waals surface area contributed by atoms with Gasteiger partial charge in [-0.05, 0) is 40.5 Å². The second-order valence-electron chi connectivity index (χ2n) is 6.01. The summed E-state index contributed by atoms with van der Waals surface area (Å²) in [6.45, 7) is 0. The van der Waals surface area contributed by atoms with Crippen LogP contribution < -0.4 is 0 Å². The highest BCUT2D eigenvalue weighted by Crippen LogP contribution is 2.27. The zero-order valence-electron chi connectivity index (χ0n) is 16.0. The van der Waals surface area contributed by atoms with E-state index >= 15 is 0 Å². The van der Waals surface area contributed by atoms with Crippen molar-refractivity contribution < 1.29 is 0 Å². The Bertz CT molecular complexity index is 977. The van der Waals surface area contributed by atoms with Gasteiger partial charge in [-0.3, -0.25) is 4.98 Å². The van der Waals surface area contributed by atoms with E-state index in [2.05, 4.69) is 73.5 Å². The number of hydrogen-bond acceptors (Lipinski definition) is 3. The molecule has 5 heteroatoms. The molecule has 6 rings (SSSR count). The van der Waals surface area contributed by atoms with Gasteiger partial charge in [-0.1, -0.05) is 54.6 Å². The van der Waals surface area contributed by atoms with Crippen LogP contribution in [0.15, 0.2) is 111 Å². The van der Waals surface area contributed by atoms with Gasteiger partial charge in [0, 0.05) is 37.2 Å². The van der Waals surface area contributed by atoms with E-state index in [4.69, 9.17) is 0 Å². The SMILES string of the molecule is C1=Cc2cccc3cccc(c23)C1.c1c[nH]cn1.c1c[nH]cn1.c1ccncc1. The monoisotopic (exact) mass is 381 g/mol. The first kappa shape index (κ1) is 19.8. The molecule has 0 bridgehead atoms. The lowest BCUT2D eigenvalue weighted by atomic mass is 9.93. The molecular weight excluding hydrogens is 358 g/mol. The van der Waals surface area contributed by atoms with Crippen LogP contribution in [0.5, 0.6) is 0 Å². The predicted octanol–water partition coefficient (Wildman–Crippen LogP) is 5.31. The van der Waals surface area contributed by atoms with Crippen molar-refractivity contribution in [3.05, 3.63) is 122 Å². The Labute approximate surface area is 170 Å². The van der Waals surface area contributed by atoms with Crippen LogP contribution in [0.2, 0.25) is 0 Å². The van der Waals surface area contributed by atoms with Crippen LogP contribution in [-0.4, -0.2) is 24.9 Å². The summed E-state index contributed by atoms with van der Waals surface area (Å²) in [6, 6.07) is 18.7. The number of nitrogens with one attached hydrogen (secondary N) is 2. The number of hydrogen-bond donors (Lipinski definition) is 2. The number of aromatic nitrogens is 5. The predicted molar refractivity (Wildman–Crippen MR) is 118 cm³/mol. The lowest BCUT2D eigenvalue weighted by molar-refractivity contribution is 1.29. The Kier molecular flexibility index (Phi) is 7.95. The quantitative estimate of drug-likeness (QED) is 0.382. The molecule has 5 aromatic rings. The Morgan fingerprint density at radius 1 is 0.655 bits per heavy atom. The second-order valence-corrected chi connectivity index (χ2v) is 6.01. The largest absolute Gasteiger partial charge is 0.351 e. The third-order valence-electron chi connectivity index (χ3n) is 4.04. The topological polar surface area (TPSA) is 70.2 Å².